The van der Waals surface area contributed by atoms with Crippen LogP contribution in [0.2, 0.25) is 0 Å². The third-order valence-electron chi connectivity index (χ3n) is 3.43. The minimum atomic E-state index is -0.357. The molecule has 0 bridgehead atoms. The number of hydroxylamine groups is 1. The van der Waals surface area contributed by atoms with Gasteiger partial charge >= 0.3 is 0 Å². The van der Waals surface area contributed by atoms with Gasteiger partial charge in [0.15, 0.2) is 11.8 Å². The van der Waals surface area contributed by atoms with Crippen LogP contribution in [0.5, 0.6) is 0 Å². The van der Waals surface area contributed by atoms with E-state index in [-0.39, 0.29) is 16.9 Å². The summed E-state index contributed by atoms with van der Waals surface area (Å²) in [5.41, 5.74) is 2.46. The molecule has 0 aliphatic rings. The first-order valence-corrected chi connectivity index (χ1v) is 7.41. The first kappa shape index (κ1) is 16.7. The summed E-state index contributed by atoms with van der Waals surface area (Å²) in [5, 5.41) is 11.9. The van der Waals surface area contributed by atoms with Gasteiger partial charge in [-0.3, -0.25) is 0 Å². The second kappa shape index (κ2) is 5.99. The summed E-state index contributed by atoms with van der Waals surface area (Å²) in [6, 6.07) is 8.75. The van der Waals surface area contributed by atoms with E-state index in [4.69, 9.17) is 0 Å². The molecule has 0 radical (unpaired) electrons. The molecule has 1 unspecified atom stereocenters. The number of rotatable bonds is 3. The number of hydrogen-bond acceptors (Lipinski definition) is 1. The van der Waals surface area contributed by atoms with Gasteiger partial charge in [0.05, 0.1) is 0 Å². The van der Waals surface area contributed by atoms with Crippen LogP contribution in [0.15, 0.2) is 24.3 Å². The quantitative estimate of drug-likeness (QED) is 0.344. The maximum atomic E-state index is 11.9. The van der Waals surface area contributed by atoms with Crippen molar-refractivity contribution in [2.75, 3.05) is 0 Å². The fourth-order valence-corrected chi connectivity index (χ4v) is 2.02. The van der Waals surface area contributed by atoms with Crippen molar-refractivity contribution >= 4 is 6.21 Å². The van der Waals surface area contributed by atoms with Crippen molar-refractivity contribution in [3.8, 4) is 0 Å². The van der Waals surface area contributed by atoms with Gasteiger partial charge in [-0.2, -0.15) is 0 Å². The van der Waals surface area contributed by atoms with Crippen LogP contribution in [0.25, 0.3) is 0 Å². The van der Waals surface area contributed by atoms with E-state index >= 15 is 0 Å². The Morgan fingerprint density at radius 2 is 1.55 bits per heavy atom. The molecule has 0 fully saturated rings. The Hall–Kier alpha value is -1.31. The highest BCUT2D eigenvalue weighted by molar-refractivity contribution is 5.55. The van der Waals surface area contributed by atoms with Crippen LogP contribution in [0.1, 0.15) is 59.6 Å². The molecule has 0 aromatic heterocycles. The number of nitrogens with zero attached hydrogens (tertiary/aromatic N) is 1. The van der Waals surface area contributed by atoms with Gasteiger partial charge < -0.3 is 5.21 Å². The van der Waals surface area contributed by atoms with E-state index in [0.29, 0.717) is 0 Å². The van der Waals surface area contributed by atoms with Crippen molar-refractivity contribution in [2.24, 2.45) is 5.92 Å². The molecule has 0 spiro atoms. The molecular formula is C18H29NO. The van der Waals surface area contributed by atoms with Crippen molar-refractivity contribution in [1.29, 1.82) is 0 Å². The highest BCUT2D eigenvalue weighted by atomic mass is 16.5. The molecule has 0 heterocycles. The molecule has 2 nitrogen and oxygen atoms in total. The van der Waals surface area contributed by atoms with E-state index in [1.165, 1.54) is 11.1 Å². The number of hydrogen-bond donors (Lipinski definition) is 0. The summed E-state index contributed by atoms with van der Waals surface area (Å²) >= 11 is 0. The Balaban J connectivity index is 2.75. The second-order valence-electron chi connectivity index (χ2n) is 7.77. The molecule has 20 heavy (non-hydrogen) atoms. The van der Waals surface area contributed by atoms with Crippen molar-refractivity contribution in [3.05, 3.63) is 40.6 Å². The van der Waals surface area contributed by atoms with E-state index in [1.54, 1.807) is 6.21 Å². The summed E-state index contributed by atoms with van der Waals surface area (Å²) in [6.45, 7) is 14.5. The minimum absolute atomic E-state index is 0.189. The molecule has 1 rings (SSSR count). The van der Waals surface area contributed by atoms with Crippen molar-refractivity contribution < 1.29 is 4.74 Å². The topological polar surface area (TPSA) is 26.1 Å². The molecule has 1 aromatic carbocycles. The fourth-order valence-electron chi connectivity index (χ4n) is 2.02. The summed E-state index contributed by atoms with van der Waals surface area (Å²) in [4.78, 5) is 0. The first-order valence-electron chi connectivity index (χ1n) is 7.41. The van der Waals surface area contributed by atoms with Crippen molar-refractivity contribution in [3.63, 3.8) is 0 Å². The largest absolute Gasteiger partial charge is 0.624 e. The Bertz CT molecular complexity index is 458. The predicted octanol–water partition coefficient (Wildman–Crippen LogP) is 4.54. The molecule has 1 aromatic rings. The van der Waals surface area contributed by atoms with Gasteiger partial charge in [-0.25, -0.2) is 4.74 Å². The lowest BCUT2D eigenvalue weighted by Crippen LogP contribution is -2.30. The van der Waals surface area contributed by atoms with Gasteiger partial charge in [0.2, 0.25) is 0 Å². The highest BCUT2D eigenvalue weighted by Gasteiger charge is 2.19. The highest BCUT2D eigenvalue weighted by Crippen LogP contribution is 2.22. The van der Waals surface area contributed by atoms with Crippen molar-refractivity contribution in [1.82, 2.24) is 0 Å². The van der Waals surface area contributed by atoms with E-state index in [0.717, 1.165) is 11.2 Å². The number of benzene rings is 1. The lowest BCUT2D eigenvalue weighted by atomic mass is 9.86. The zero-order valence-electron chi connectivity index (χ0n) is 14.0. The summed E-state index contributed by atoms with van der Waals surface area (Å²) < 4.78 is 1.07. The molecule has 0 saturated carbocycles. The third-order valence-corrected chi connectivity index (χ3v) is 3.43. The van der Waals surface area contributed by atoms with Crippen LogP contribution in [0.3, 0.4) is 0 Å². The summed E-state index contributed by atoms with van der Waals surface area (Å²) in [5.74, 6) is 0.243. The predicted molar refractivity (Wildman–Crippen MR) is 87.5 cm³/mol. The smallest absolute Gasteiger partial charge is 0.164 e. The van der Waals surface area contributed by atoms with Crippen LogP contribution >= 0.6 is 0 Å². The van der Waals surface area contributed by atoms with Crippen molar-refractivity contribution in [2.45, 2.75) is 65.8 Å². The Morgan fingerprint density at radius 1 is 1.05 bits per heavy atom. The lowest BCUT2D eigenvalue weighted by molar-refractivity contribution is -0.533. The maximum absolute atomic E-state index is 11.9. The summed E-state index contributed by atoms with van der Waals surface area (Å²) in [7, 11) is 0. The molecule has 0 aliphatic heterocycles. The van der Waals surface area contributed by atoms with Gasteiger partial charge in [-0.1, -0.05) is 52.0 Å². The molecule has 112 valence electrons. The molecule has 0 N–H and O–H groups in total. The van der Waals surface area contributed by atoms with Crippen LogP contribution in [-0.4, -0.2) is 16.5 Å². The lowest BCUT2D eigenvalue weighted by Gasteiger charge is -2.21. The van der Waals surface area contributed by atoms with E-state index in [2.05, 4.69) is 52.0 Å². The van der Waals surface area contributed by atoms with Gasteiger partial charge in [0, 0.05) is 26.7 Å². The molecular weight excluding hydrogens is 246 g/mol. The monoisotopic (exact) mass is 275 g/mol. The standard InChI is InChI=1S/C18H29NO/c1-14(13-19(20)18(5,6)7)12-15-8-10-16(11-9-15)17(2,3)4/h8-11,13-14H,12H2,1-7H3. The normalized spacial score (nSPS) is 15.2. The van der Waals surface area contributed by atoms with Crippen LogP contribution in [-0.2, 0) is 11.8 Å². The summed E-state index contributed by atoms with van der Waals surface area (Å²) in [6.07, 6.45) is 2.69. The Labute approximate surface area is 124 Å². The third kappa shape index (κ3) is 4.99. The zero-order chi connectivity index (χ0) is 15.6. The Kier molecular flexibility index (Phi) is 5.01. The fraction of sp³-hybridized carbons (Fsp3) is 0.611. The van der Waals surface area contributed by atoms with Crippen LogP contribution in [0.4, 0.5) is 0 Å². The van der Waals surface area contributed by atoms with Crippen LogP contribution in [0, 0.1) is 11.1 Å². The second-order valence-corrected chi connectivity index (χ2v) is 7.77. The first-order chi connectivity index (χ1) is 9.00. The van der Waals surface area contributed by atoms with E-state index in [1.807, 2.05) is 20.8 Å². The average molecular weight is 275 g/mol. The molecule has 0 aliphatic carbocycles. The molecule has 0 amide bonds. The Morgan fingerprint density at radius 3 is 1.95 bits per heavy atom. The average Bonchev–Trinajstić information content (AvgIpc) is 2.26. The molecule has 1 atom stereocenters. The molecule has 0 saturated heterocycles. The van der Waals surface area contributed by atoms with E-state index in [9.17, 15) is 5.21 Å². The maximum Gasteiger partial charge on any atom is 0.164 e. The van der Waals surface area contributed by atoms with Gasteiger partial charge in [-0.15, -0.1) is 0 Å². The van der Waals surface area contributed by atoms with E-state index < -0.39 is 0 Å². The van der Waals surface area contributed by atoms with Gasteiger partial charge in [-0.05, 0) is 23.0 Å². The molecule has 2 heteroatoms. The van der Waals surface area contributed by atoms with Crippen LogP contribution < -0.4 is 0 Å². The van der Waals surface area contributed by atoms with Gasteiger partial charge in [0.25, 0.3) is 0 Å². The SMILES string of the molecule is CC(C=[N+]([O-])C(C)(C)C)Cc1ccc(C(C)(C)C)cc1. The zero-order valence-corrected chi connectivity index (χ0v) is 14.0. The minimum Gasteiger partial charge on any atom is -0.624 e. The van der Waals surface area contributed by atoms with Gasteiger partial charge in [0.1, 0.15) is 0 Å².